The van der Waals surface area contributed by atoms with Crippen LogP contribution >= 0.6 is 46.1 Å². The van der Waals surface area contributed by atoms with Crippen molar-refractivity contribution in [3.8, 4) is 5.75 Å². The van der Waals surface area contributed by atoms with Crippen LogP contribution in [0.3, 0.4) is 0 Å². The van der Waals surface area contributed by atoms with Gasteiger partial charge in [-0.2, -0.15) is 0 Å². The Bertz CT molecular complexity index is 560. The predicted octanol–water partition coefficient (Wildman–Crippen LogP) is 4.97. The Labute approximate surface area is 123 Å². The average molecular weight is 322 g/mol. The molecule has 0 N–H and O–H groups in total. The average Bonchev–Trinajstić information content (AvgIpc) is 2.75. The molecule has 0 aliphatic rings. The molecule has 2 aromatic rings. The molecule has 0 unspecified atom stereocenters. The second kappa shape index (κ2) is 5.93. The van der Waals surface area contributed by atoms with Gasteiger partial charge in [0.05, 0.1) is 19.3 Å². The number of benzene rings is 1. The third-order valence-electron chi connectivity index (χ3n) is 2.11. The van der Waals surface area contributed by atoms with E-state index in [1.54, 1.807) is 30.3 Å². The number of carbonyl (C=O) groups is 1. The number of rotatable bonds is 4. The molecule has 0 atom stereocenters. The SMILES string of the molecule is O=C(COc1c(Cl)cccc1Cl)c1ccc(Cl)s1. The van der Waals surface area contributed by atoms with E-state index in [4.69, 9.17) is 39.5 Å². The zero-order valence-electron chi connectivity index (χ0n) is 8.95. The number of hydrogen-bond donors (Lipinski definition) is 0. The zero-order chi connectivity index (χ0) is 13.1. The Morgan fingerprint density at radius 1 is 1.11 bits per heavy atom. The van der Waals surface area contributed by atoms with Crippen LogP contribution in [0.2, 0.25) is 14.4 Å². The van der Waals surface area contributed by atoms with E-state index in [0.29, 0.717) is 25.0 Å². The van der Waals surface area contributed by atoms with Gasteiger partial charge in [0.15, 0.2) is 12.4 Å². The minimum Gasteiger partial charge on any atom is -0.482 e. The van der Waals surface area contributed by atoms with Gasteiger partial charge < -0.3 is 4.74 Å². The number of para-hydroxylation sites is 1. The largest absolute Gasteiger partial charge is 0.482 e. The van der Waals surface area contributed by atoms with Gasteiger partial charge in [0.25, 0.3) is 0 Å². The summed E-state index contributed by atoms with van der Waals surface area (Å²) in [5, 5.41) is 0.749. The fraction of sp³-hybridized carbons (Fsp3) is 0.0833. The van der Waals surface area contributed by atoms with E-state index in [1.807, 2.05) is 0 Å². The highest BCUT2D eigenvalue weighted by Crippen LogP contribution is 2.32. The highest BCUT2D eigenvalue weighted by atomic mass is 35.5. The van der Waals surface area contributed by atoms with Crippen LogP contribution in [-0.4, -0.2) is 12.4 Å². The summed E-state index contributed by atoms with van der Waals surface area (Å²) in [6.45, 7) is -0.125. The van der Waals surface area contributed by atoms with Crippen molar-refractivity contribution in [2.45, 2.75) is 0 Å². The summed E-state index contributed by atoms with van der Waals surface area (Å²) in [6, 6.07) is 8.33. The molecule has 6 heteroatoms. The first kappa shape index (κ1) is 13.7. The van der Waals surface area contributed by atoms with Gasteiger partial charge >= 0.3 is 0 Å². The maximum absolute atomic E-state index is 11.8. The van der Waals surface area contributed by atoms with E-state index in [-0.39, 0.29) is 12.4 Å². The lowest BCUT2D eigenvalue weighted by molar-refractivity contribution is 0.0926. The summed E-state index contributed by atoms with van der Waals surface area (Å²) >= 11 is 18.8. The van der Waals surface area contributed by atoms with Gasteiger partial charge in [0.2, 0.25) is 5.78 Å². The Morgan fingerprint density at radius 3 is 2.33 bits per heavy atom. The van der Waals surface area contributed by atoms with E-state index in [9.17, 15) is 4.79 Å². The minimum atomic E-state index is -0.164. The lowest BCUT2D eigenvalue weighted by Gasteiger charge is -2.08. The molecule has 0 amide bonds. The normalized spacial score (nSPS) is 10.4. The monoisotopic (exact) mass is 320 g/mol. The maximum atomic E-state index is 11.8. The molecule has 0 radical (unpaired) electrons. The van der Waals surface area contributed by atoms with Crippen molar-refractivity contribution in [2.75, 3.05) is 6.61 Å². The van der Waals surface area contributed by atoms with Gasteiger partial charge in [0.1, 0.15) is 0 Å². The molecule has 18 heavy (non-hydrogen) atoms. The van der Waals surface area contributed by atoms with Gasteiger partial charge in [-0.15, -0.1) is 11.3 Å². The molecule has 1 aromatic carbocycles. The first-order chi connectivity index (χ1) is 8.58. The van der Waals surface area contributed by atoms with E-state index >= 15 is 0 Å². The summed E-state index contributed by atoms with van der Waals surface area (Å²) in [6.07, 6.45) is 0. The minimum absolute atomic E-state index is 0.125. The molecule has 0 aliphatic heterocycles. The summed E-state index contributed by atoms with van der Waals surface area (Å²) < 4.78 is 5.91. The Balaban J connectivity index is 2.06. The van der Waals surface area contributed by atoms with Gasteiger partial charge in [-0.25, -0.2) is 0 Å². The Kier molecular flexibility index (Phi) is 4.51. The van der Waals surface area contributed by atoms with Crippen molar-refractivity contribution in [1.29, 1.82) is 0 Å². The van der Waals surface area contributed by atoms with E-state index in [1.165, 1.54) is 11.3 Å². The molecule has 0 bridgehead atoms. The number of ketones is 1. The van der Waals surface area contributed by atoms with Crippen LogP contribution in [0.15, 0.2) is 30.3 Å². The van der Waals surface area contributed by atoms with Crippen LogP contribution in [0.5, 0.6) is 5.75 Å². The first-order valence-corrected chi connectivity index (χ1v) is 6.88. The lowest BCUT2D eigenvalue weighted by Crippen LogP contribution is -2.10. The van der Waals surface area contributed by atoms with Gasteiger partial charge in [-0.1, -0.05) is 40.9 Å². The van der Waals surface area contributed by atoms with Gasteiger partial charge in [-0.3, -0.25) is 4.79 Å². The van der Waals surface area contributed by atoms with Crippen LogP contribution in [0.4, 0.5) is 0 Å². The molecule has 1 heterocycles. The summed E-state index contributed by atoms with van der Waals surface area (Å²) in [7, 11) is 0. The fourth-order valence-electron chi connectivity index (χ4n) is 1.29. The highest BCUT2D eigenvalue weighted by Gasteiger charge is 2.12. The second-order valence-electron chi connectivity index (χ2n) is 3.37. The predicted molar refractivity (Wildman–Crippen MR) is 75.6 cm³/mol. The number of thiophene rings is 1. The Hall–Kier alpha value is -0.740. The number of Topliss-reactive ketones (excluding diaryl/α,β-unsaturated/α-hetero) is 1. The third-order valence-corrected chi connectivity index (χ3v) is 3.98. The van der Waals surface area contributed by atoms with Gasteiger partial charge in [0, 0.05) is 0 Å². The summed E-state index contributed by atoms with van der Waals surface area (Å²) in [5.74, 6) is 0.153. The van der Waals surface area contributed by atoms with Crippen LogP contribution < -0.4 is 4.74 Å². The number of ether oxygens (including phenoxy) is 1. The third kappa shape index (κ3) is 3.18. The van der Waals surface area contributed by atoms with Crippen LogP contribution in [0, 0.1) is 0 Å². The second-order valence-corrected chi connectivity index (χ2v) is 5.90. The number of halogens is 3. The Morgan fingerprint density at radius 2 is 1.78 bits per heavy atom. The molecule has 94 valence electrons. The first-order valence-electron chi connectivity index (χ1n) is 4.93. The van der Waals surface area contributed by atoms with E-state index < -0.39 is 0 Å². The molecule has 2 rings (SSSR count). The number of hydrogen-bond acceptors (Lipinski definition) is 3. The molecular weight excluding hydrogens is 315 g/mol. The van der Waals surface area contributed by atoms with Crippen molar-refractivity contribution in [3.63, 3.8) is 0 Å². The standard InChI is InChI=1S/C12H7Cl3O2S/c13-7-2-1-3-8(14)12(7)17-6-9(16)10-4-5-11(15)18-10/h1-5H,6H2. The summed E-state index contributed by atoms with van der Waals surface area (Å²) in [5.41, 5.74) is 0. The number of carbonyl (C=O) groups excluding carboxylic acids is 1. The molecule has 0 fully saturated rings. The summed E-state index contributed by atoms with van der Waals surface area (Å²) in [4.78, 5) is 12.3. The van der Waals surface area contributed by atoms with Gasteiger partial charge in [-0.05, 0) is 24.3 Å². The molecule has 1 aromatic heterocycles. The van der Waals surface area contributed by atoms with Crippen LogP contribution in [0.1, 0.15) is 9.67 Å². The molecule has 2 nitrogen and oxygen atoms in total. The van der Waals surface area contributed by atoms with Crippen molar-refractivity contribution in [2.24, 2.45) is 0 Å². The van der Waals surface area contributed by atoms with Crippen molar-refractivity contribution >= 4 is 51.9 Å². The highest BCUT2D eigenvalue weighted by molar-refractivity contribution is 7.18. The fourth-order valence-corrected chi connectivity index (χ4v) is 2.77. The molecular formula is C12H7Cl3O2S. The van der Waals surface area contributed by atoms with Crippen molar-refractivity contribution < 1.29 is 9.53 Å². The molecule has 0 aliphatic carbocycles. The molecule has 0 saturated carbocycles. The van der Waals surface area contributed by atoms with E-state index in [2.05, 4.69) is 0 Å². The van der Waals surface area contributed by atoms with Crippen LogP contribution in [0.25, 0.3) is 0 Å². The quantitative estimate of drug-likeness (QED) is 0.743. The zero-order valence-corrected chi connectivity index (χ0v) is 12.0. The maximum Gasteiger partial charge on any atom is 0.210 e. The van der Waals surface area contributed by atoms with Crippen LogP contribution in [-0.2, 0) is 0 Å². The smallest absolute Gasteiger partial charge is 0.210 e. The topological polar surface area (TPSA) is 26.3 Å². The molecule has 0 spiro atoms. The molecule has 0 saturated heterocycles. The van der Waals surface area contributed by atoms with Crippen molar-refractivity contribution in [1.82, 2.24) is 0 Å². The van der Waals surface area contributed by atoms with Crippen molar-refractivity contribution in [3.05, 3.63) is 49.6 Å². The lowest BCUT2D eigenvalue weighted by atomic mass is 10.3. The van der Waals surface area contributed by atoms with E-state index in [0.717, 1.165) is 0 Å².